The van der Waals surface area contributed by atoms with Gasteiger partial charge < -0.3 is 5.32 Å². The molecule has 0 saturated carbocycles. The lowest BCUT2D eigenvalue weighted by atomic mass is 10.1. The highest BCUT2D eigenvalue weighted by atomic mass is 32.2. The topological polar surface area (TPSA) is 58.2 Å². The maximum Gasteiger partial charge on any atom is 0.240 e. The van der Waals surface area contributed by atoms with Crippen LogP contribution >= 0.6 is 11.8 Å². The Kier molecular flexibility index (Phi) is 4.32. The Labute approximate surface area is 113 Å². The molecule has 0 bridgehead atoms. The van der Waals surface area contributed by atoms with Crippen LogP contribution in [-0.4, -0.2) is 26.5 Å². The largest absolute Gasteiger partial charge is 0.309 e. The standard InChI is InChI=1S/C12H18N2O2S2/c1-9(8-17-2)14-18(15,16)12-4-3-10-6-13-7-11(10)5-12/h3-5,9,13-14H,6-8H2,1-2H3. The normalized spacial score (nSPS) is 16.6. The smallest absolute Gasteiger partial charge is 0.240 e. The van der Waals surface area contributed by atoms with Crippen molar-refractivity contribution in [3.8, 4) is 0 Å². The lowest BCUT2D eigenvalue weighted by molar-refractivity contribution is 0.571. The molecule has 0 aliphatic carbocycles. The molecule has 4 nitrogen and oxygen atoms in total. The van der Waals surface area contributed by atoms with E-state index in [9.17, 15) is 8.42 Å². The number of hydrogen-bond acceptors (Lipinski definition) is 4. The van der Waals surface area contributed by atoms with Gasteiger partial charge in [-0.2, -0.15) is 11.8 Å². The number of hydrogen-bond donors (Lipinski definition) is 2. The minimum atomic E-state index is -3.39. The SMILES string of the molecule is CSCC(C)NS(=O)(=O)c1ccc2c(c1)CNC2. The van der Waals surface area contributed by atoms with E-state index in [4.69, 9.17) is 0 Å². The average Bonchev–Trinajstić information content (AvgIpc) is 2.75. The van der Waals surface area contributed by atoms with Crippen molar-refractivity contribution in [2.45, 2.75) is 31.0 Å². The van der Waals surface area contributed by atoms with Gasteiger partial charge >= 0.3 is 0 Å². The number of rotatable bonds is 5. The van der Waals surface area contributed by atoms with Gasteiger partial charge in [0.25, 0.3) is 0 Å². The lowest BCUT2D eigenvalue weighted by Gasteiger charge is -2.13. The van der Waals surface area contributed by atoms with Crippen LogP contribution < -0.4 is 10.0 Å². The van der Waals surface area contributed by atoms with Crippen LogP contribution in [0.1, 0.15) is 18.1 Å². The molecular formula is C12H18N2O2S2. The average molecular weight is 286 g/mol. The first-order valence-electron chi connectivity index (χ1n) is 5.87. The molecule has 1 atom stereocenters. The molecule has 1 aliphatic heterocycles. The third-order valence-corrected chi connectivity index (χ3v) is 5.31. The third-order valence-electron chi connectivity index (χ3n) is 2.89. The highest BCUT2D eigenvalue weighted by molar-refractivity contribution is 7.98. The lowest BCUT2D eigenvalue weighted by Crippen LogP contribution is -2.34. The van der Waals surface area contributed by atoms with Crippen molar-refractivity contribution in [2.75, 3.05) is 12.0 Å². The van der Waals surface area contributed by atoms with Gasteiger partial charge in [-0.1, -0.05) is 6.07 Å². The number of nitrogens with one attached hydrogen (secondary N) is 2. The molecule has 1 aromatic rings. The highest BCUT2D eigenvalue weighted by Gasteiger charge is 2.19. The number of thioether (sulfide) groups is 1. The fraction of sp³-hybridized carbons (Fsp3) is 0.500. The Morgan fingerprint density at radius 1 is 1.39 bits per heavy atom. The zero-order chi connectivity index (χ0) is 13.2. The van der Waals surface area contributed by atoms with Crippen LogP contribution in [0.15, 0.2) is 23.1 Å². The summed E-state index contributed by atoms with van der Waals surface area (Å²) in [5.74, 6) is 0.770. The predicted octanol–water partition coefficient (Wildman–Crippen LogP) is 1.32. The second-order valence-electron chi connectivity index (χ2n) is 4.51. The molecule has 0 fully saturated rings. The minimum Gasteiger partial charge on any atom is -0.309 e. The number of sulfonamides is 1. The third kappa shape index (κ3) is 3.06. The summed E-state index contributed by atoms with van der Waals surface area (Å²) in [4.78, 5) is 0.359. The first-order valence-corrected chi connectivity index (χ1v) is 8.74. The summed E-state index contributed by atoms with van der Waals surface area (Å²) < 4.78 is 27.0. The molecule has 2 rings (SSSR count). The van der Waals surface area contributed by atoms with E-state index >= 15 is 0 Å². The zero-order valence-electron chi connectivity index (χ0n) is 10.6. The molecular weight excluding hydrogens is 268 g/mol. The molecule has 6 heteroatoms. The highest BCUT2D eigenvalue weighted by Crippen LogP contribution is 2.20. The van der Waals surface area contributed by atoms with Crippen molar-refractivity contribution in [1.29, 1.82) is 0 Å². The van der Waals surface area contributed by atoms with E-state index < -0.39 is 10.0 Å². The van der Waals surface area contributed by atoms with Crippen LogP contribution in [0.25, 0.3) is 0 Å². The molecule has 0 spiro atoms. The first kappa shape index (κ1) is 13.9. The molecule has 0 saturated heterocycles. The van der Waals surface area contributed by atoms with Gasteiger partial charge in [-0.15, -0.1) is 0 Å². The van der Waals surface area contributed by atoms with Gasteiger partial charge in [0.1, 0.15) is 0 Å². The summed E-state index contributed by atoms with van der Waals surface area (Å²) in [7, 11) is -3.39. The van der Waals surface area contributed by atoms with Gasteiger partial charge in [0, 0.05) is 24.9 Å². The van der Waals surface area contributed by atoms with Gasteiger partial charge in [-0.3, -0.25) is 0 Å². The molecule has 1 heterocycles. The Morgan fingerprint density at radius 2 is 2.11 bits per heavy atom. The van der Waals surface area contributed by atoms with Gasteiger partial charge in [0.05, 0.1) is 4.90 Å². The quantitative estimate of drug-likeness (QED) is 0.857. The Morgan fingerprint density at radius 3 is 2.83 bits per heavy atom. The second-order valence-corrected chi connectivity index (χ2v) is 7.14. The van der Waals surface area contributed by atoms with Crippen LogP contribution in [0.4, 0.5) is 0 Å². The van der Waals surface area contributed by atoms with Crippen molar-refractivity contribution in [2.24, 2.45) is 0 Å². The first-order chi connectivity index (χ1) is 8.53. The van der Waals surface area contributed by atoms with E-state index in [1.54, 1.807) is 23.9 Å². The van der Waals surface area contributed by atoms with Crippen molar-refractivity contribution in [1.82, 2.24) is 10.0 Å². The molecule has 0 aromatic heterocycles. The molecule has 1 aliphatic rings. The molecule has 0 amide bonds. The fourth-order valence-corrected chi connectivity index (χ4v) is 4.04. The van der Waals surface area contributed by atoms with Crippen molar-refractivity contribution in [3.05, 3.63) is 29.3 Å². The molecule has 2 N–H and O–H groups in total. The van der Waals surface area contributed by atoms with Crippen LogP contribution in [0, 0.1) is 0 Å². The summed E-state index contributed by atoms with van der Waals surface area (Å²) in [5, 5.41) is 3.21. The maximum atomic E-state index is 12.2. The molecule has 1 unspecified atom stereocenters. The number of benzene rings is 1. The minimum absolute atomic E-state index is 0.0589. The van der Waals surface area contributed by atoms with E-state index in [2.05, 4.69) is 10.0 Å². The molecule has 100 valence electrons. The van der Waals surface area contributed by atoms with Crippen molar-refractivity contribution < 1.29 is 8.42 Å². The van der Waals surface area contributed by atoms with E-state index in [0.717, 1.165) is 24.4 Å². The van der Waals surface area contributed by atoms with Crippen molar-refractivity contribution in [3.63, 3.8) is 0 Å². The Bertz CT molecular complexity index is 529. The monoisotopic (exact) mass is 286 g/mol. The summed E-state index contributed by atoms with van der Waals surface area (Å²) >= 11 is 1.63. The van der Waals surface area contributed by atoms with Gasteiger partial charge in [0.2, 0.25) is 10.0 Å². The molecule has 0 radical (unpaired) electrons. The van der Waals surface area contributed by atoms with E-state index in [-0.39, 0.29) is 6.04 Å². The zero-order valence-corrected chi connectivity index (χ0v) is 12.2. The van der Waals surface area contributed by atoms with Gasteiger partial charge in [-0.05, 0) is 36.4 Å². The van der Waals surface area contributed by atoms with Crippen LogP contribution in [0.5, 0.6) is 0 Å². The predicted molar refractivity (Wildman–Crippen MR) is 75.2 cm³/mol. The van der Waals surface area contributed by atoms with Crippen LogP contribution in [0.3, 0.4) is 0 Å². The second kappa shape index (κ2) is 5.61. The van der Waals surface area contributed by atoms with Gasteiger partial charge in [-0.25, -0.2) is 13.1 Å². The van der Waals surface area contributed by atoms with E-state index in [1.807, 2.05) is 19.2 Å². The summed E-state index contributed by atoms with van der Waals surface area (Å²) in [6.07, 6.45) is 1.96. The molecule has 1 aromatic carbocycles. The van der Waals surface area contributed by atoms with Gasteiger partial charge in [0.15, 0.2) is 0 Å². The number of fused-ring (bicyclic) bond motifs is 1. The summed E-state index contributed by atoms with van der Waals surface area (Å²) in [6.45, 7) is 3.45. The fourth-order valence-electron chi connectivity index (χ4n) is 2.06. The maximum absolute atomic E-state index is 12.2. The summed E-state index contributed by atoms with van der Waals surface area (Å²) in [5.41, 5.74) is 2.27. The summed E-state index contributed by atoms with van der Waals surface area (Å²) in [6, 6.07) is 5.28. The molecule has 18 heavy (non-hydrogen) atoms. The Balaban J connectivity index is 2.19. The Hall–Kier alpha value is -0.560. The van der Waals surface area contributed by atoms with E-state index in [1.165, 1.54) is 5.56 Å². The van der Waals surface area contributed by atoms with Crippen molar-refractivity contribution >= 4 is 21.8 Å². The van der Waals surface area contributed by atoms with Crippen LogP contribution in [-0.2, 0) is 23.1 Å². The van der Waals surface area contributed by atoms with E-state index in [0.29, 0.717) is 4.90 Å². The van der Waals surface area contributed by atoms with Crippen LogP contribution in [0.2, 0.25) is 0 Å².